The monoisotopic (exact) mass is 282 g/mol. The molecule has 1 atom stereocenters. The van der Waals surface area contributed by atoms with E-state index in [9.17, 15) is 14.7 Å². The summed E-state index contributed by atoms with van der Waals surface area (Å²) in [5, 5.41) is 9.25. The van der Waals surface area contributed by atoms with Crippen LogP contribution in [0.5, 0.6) is 0 Å². The van der Waals surface area contributed by atoms with Gasteiger partial charge in [-0.05, 0) is 38.1 Å². The van der Waals surface area contributed by atoms with E-state index in [1.807, 2.05) is 4.90 Å². The predicted octanol–water partition coefficient (Wildman–Crippen LogP) is 1.57. The smallest absolute Gasteiger partial charge is 0.320 e. The van der Waals surface area contributed by atoms with E-state index in [-0.39, 0.29) is 11.9 Å². The molecule has 2 fully saturated rings. The van der Waals surface area contributed by atoms with Crippen LogP contribution in [0.3, 0.4) is 0 Å². The second-order valence-electron chi connectivity index (χ2n) is 6.44. The molecule has 1 N–H and O–H groups in total. The fraction of sp³-hybridized carbons (Fsp3) is 0.867. The lowest BCUT2D eigenvalue weighted by Crippen LogP contribution is -2.50. The van der Waals surface area contributed by atoms with Crippen LogP contribution in [0.4, 0.5) is 0 Å². The van der Waals surface area contributed by atoms with Gasteiger partial charge in [-0.2, -0.15) is 0 Å². The van der Waals surface area contributed by atoms with Gasteiger partial charge in [-0.3, -0.25) is 14.5 Å². The first-order valence-corrected chi connectivity index (χ1v) is 7.75. The van der Waals surface area contributed by atoms with Crippen LogP contribution >= 0.6 is 0 Å². The van der Waals surface area contributed by atoms with Crippen molar-refractivity contribution in [2.75, 3.05) is 19.6 Å². The van der Waals surface area contributed by atoms with E-state index in [2.05, 4.69) is 18.7 Å². The Morgan fingerprint density at radius 3 is 2.35 bits per heavy atom. The average molecular weight is 282 g/mol. The van der Waals surface area contributed by atoms with E-state index in [1.54, 1.807) is 0 Å². The number of carboxylic acids is 1. The second kappa shape index (κ2) is 6.57. The molecule has 2 aliphatic rings. The maximum absolute atomic E-state index is 12.0. The fourth-order valence-corrected chi connectivity index (χ4v) is 3.42. The van der Waals surface area contributed by atoms with Crippen molar-refractivity contribution in [3.8, 4) is 0 Å². The molecule has 20 heavy (non-hydrogen) atoms. The van der Waals surface area contributed by atoms with Crippen LogP contribution in [0.15, 0.2) is 0 Å². The summed E-state index contributed by atoms with van der Waals surface area (Å²) in [6, 6.07) is 0.0274. The van der Waals surface area contributed by atoms with Crippen LogP contribution in [-0.2, 0) is 9.59 Å². The van der Waals surface area contributed by atoms with E-state index in [1.165, 1.54) is 0 Å². The minimum atomic E-state index is -0.694. The number of rotatable bonds is 4. The number of hydrogen-bond acceptors (Lipinski definition) is 3. The molecule has 0 spiro atoms. The summed E-state index contributed by atoms with van der Waals surface area (Å²) in [4.78, 5) is 27.4. The minimum absolute atomic E-state index is 0.245. The second-order valence-corrected chi connectivity index (χ2v) is 6.44. The van der Waals surface area contributed by atoms with Crippen LogP contribution in [0.1, 0.15) is 46.0 Å². The minimum Gasteiger partial charge on any atom is -0.480 e. The molecule has 5 nitrogen and oxygen atoms in total. The standard InChI is InChI=1S/C15H26N2O3/c1-11(2)10-14(18)16-8-5-12(6-9-16)17-7-3-4-13(17)15(19)20/h11-13H,3-10H2,1-2H3,(H,19,20). The third-order valence-electron chi connectivity index (χ3n) is 4.45. The molecule has 0 bridgehead atoms. The molecule has 1 amide bonds. The predicted molar refractivity (Wildman–Crippen MR) is 76.4 cm³/mol. The number of carboxylic acid groups (broad SMARTS) is 1. The van der Waals surface area contributed by atoms with Crippen LogP contribution in [0.25, 0.3) is 0 Å². The SMILES string of the molecule is CC(C)CC(=O)N1CCC(N2CCCC2C(=O)O)CC1. The van der Waals surface area contributed by atoms with Gasteiger partial charge in [-0.15, -0.1) is 0 Å². The van der Waals surface area contributed by atoms with E-state index in [0.717, 1.165) is 45.3 Å². The quantitative estimate of drug-likeness (QED) is 0.850. The molecule has 1 unspecified atom stereocenters. The maximum Gasteiger partial charge on any atom is 0.320 e. The molecule has 0 aromatic rings. The van der Waals surface area contributed by atoms with Gasteiger partial charge in [0.2, 0.25) is 5.91 Å². The maximum atomic E-state index is 12.0. The van der Waals surface area contributed by atoms with Crippen molar-refractivity contribution >= 4 is 11.9 Å². The van der Waals surface area contributed by atoms with Crippen molar-refractivity contribution in [1.82, 2.24) is 9.80 Å². The average Bonchev–Trinajstić information content (AvgIpc) is 2.87. The molecule has 114 valence electrons. The number of amides is 1. The highest BCUT2D eigenvalue weighted by molar-refractivity contribution is 5.76. The Morgan fingerprint density at radius 2 is 1.80 bits per heavy atom. The van der Waals surface area contributed by atoms with Crippen molar-refractivity contribution in [2.24, 2.45) is 5.92 Å². The lowest BCUT2D eigenvalue weighted by Gasteiger charge is -2.38. The zero-order valence-corrected chi connectivity index (χ0v) is 12.5. The number of hydrogen-bond donors (Lipinski definition) is 1. The first kappa shape index (κ1) is 15.3. The van der Waals surface area contributed by atoms with Crippen LogP contribution in [0.2, 0.25) is 0 Å². The molecule has 2 heterocycles. The van der Waals surface area contributed by atoms with E-state index < -0.39 is 5.97 Å². The summed E-state index contributed by atoms with van der Waals surface area (Å²) in [6.07, 6.45) is 4.18. The number of carbonyl (C=O) groups is 2. The fourth-order valence-electron chi connectivity index (χ4n) is 3.42. The zero-order chi connectivity index (χ0) is 14.7. The third kappa shape index (κ3) is 3.51. The lowest BCUT2D eigenvalue weighted by molar-refractivity contribution is -0.144. The molecule has 2 saturated heterocycles. The number of piperidine rings is 1. The number of carbonyl (C=O) groups excluding carboxylic acids is 1. The molecule has 0 radical (unpaired) electrons. The molecule has 5 heteroatoms. The van der Waals surface area contributed by atoms with Gasteiger partial charge in [0.15, 0.2) is 0 Å². The van der Waals surface area contributed by atoms with Gasteiger partial charge in [0, 0.05) is 25.6 Å². The van der Waals surface area contributed by atoms with Crippen LogP contribution in [-0.4, -0.2) is 58.5 Å². The highest BCUT2D eigenvalue weighted by Crippen LogP contribution is 2.26. The molecule has 2 aliphatic heterocycles. The summed E-state index contributed by atoms with van der Waals surface area (Å²) in [5.41, 5.74) is 0. The summed E-state index contributed by atoms with van der Waals surface area (Å²) in [6.45, 7) is 6.57. The Hall–Kier alpha value is -1.10. The highest BCUT2D eigenvalue weighted by atomic mass is 16.4. The lowest BCUT2D eigenvalue weighted by atomic mass is 10.0. The van der Waals surface area contributed by atoms with Crippen molar-refractivity contribution in [3.05, 3.63) is 0 Å². The Bertz CT molecular complexity index is 362. The molecule has 0 saturated carbocycles. The first-order valence-electron chi connectivity index (χ1n) is 7.75. The van der Waals surface area contributed by atoms with Gasteiger partial charge in [0.25, 0.3) is 0 Å². The van der Waals surface area contributed by atoms with Crippen LogP contribution < -0.4 is 0 Å². The van der Waals surface area contributed by atoms with Crippen molar-refractivity contribution in [1.29, 1.82) is 0 Å². The number of aliphatic carboxylic acids is 1. The van der Waals surface area contributed by atoms with Crippen molar-refractivity contribution in [3.63, 3.8) is 0 Å². The van der Waals surface area contributed by atoms with Gasteiger partial charge in [0.05, 0.1) is 0 Å². The van der Waals surface area contributed by atoms with Gasteiger partial charge in [-0.25, -0.2) is 0 Å². The van der Waals surface area contributed by atoms with Gasteiger partial charge in [-0.1, -0.05) is 13.8 Å². The summed E-state index contributed by atoms with van der Waals surface area (Å²) >= 11 is 0. The van der Waals surface area contributed by atoms with Crippen molar-refractivity contribution in [2.45, 2.75) is 58.0 Å². The molecule has 0 aromatic carbocycles. The summed E-state index contributed by atoms with van der Waals surface area (Å²) in [7, 11) is 0. The first-order chi connectivity index (χ1) is 9.49. The van der Waals surface area contributed by atoms with Gasteiger partial charge >= 0.3 is 5.97 Å². The Labute approximate surface area is 120 Å². The summed E-state index contributed by atoms with van der Waals surface area (Å²) < 4.78 is 0. The van der Waals surface area contributed by atoms with Gasteiger partial charge in [0.1, 0.15) is 6.04 Å². The molecule has 2 rings (SSSR count). The Morgan fingerprint density at radius 1 is 1.15 bits per heavy atom. The van der Waals surface area contributed by atoms with E-state index in [4.69, 9.17) is 0 Å². The van der Waals surface area contributed by atoms with E-state index >= 15 is 0 Å². The number of nitrogens with zero attached hydrogens (tertiary/aromatic N) is 2. The van der Waals surface area contributed by atoms with Gasteiger partial charge < -0.3 is 10.0 Å². The zero-order valence-electron chi connectivity index (χ0n) is 12.5. The third-order valence-corrected chi connectivity index (χ3v) is 4.45. The summed E-state index contributed by atoms with van der Waals surface area (Å²) in [5.74, 6) is -0.0503. The topological polar surface area (TPSA) is 60.9 Å². The Balaban J connectivity index is 1.85. The van der Waals surface area contributed by atoms with E-state index in [0.29, 0.717) is 18.4 Å². The highest BCUT2D eigenvalue weighted by Gasteiger charge is 2.37. The molecular weight excluding hydrogens is 256 g/mol. The molecule has 0 aliphatic carbocycles. The Kier molecular flexibility index (Phi) is 5.02. The molecular formula is C15H26N2O3. The van der Waals surface area contributed by atoms with Crippen molar-refractivity contribution < 1.29 is 14.7 Å². The van der Waals surface area contributed by atoms with Crippen LogP contribution in [0, 0.1) is 5.92 Å². The largest absolute Gasteiger partial charge is 0.480 e. The normalized spacial score (nSPS) is 25.4. The number of likely N-dealkylation sites (tertiary alicyclic amines) is 2. The molecule has 0 aromatic heterocycles.